The number of benzene rings is 1. The lowest BCUT2D eigenvalue weighted by atomic mass is 9.76. The fourth-order valence-corrected chi connectivity index (χ4v) is 2.14. The molecule has 0 amide bonds. The predicted molar refractivity (Wildman–Crippen MR) is 80.7 cm³/mol. The van der Waals surface area contributed by atoms with Gasteiger partial charge >= 0.3 is 5.97 Å². The van der Waals surface area contributed by atoms with Crippen LogP contribution in [0.4, 0.5) is 0 Å². The van der Waals surface area contributed by atoms with E-state index in [9.17, 15) is 9.90 Å². The highest BCUT2D eigenvalue weighted by Gasteiger charge is 2.38. The summed E-state index contributed by atoms with van der Waals surface area (Å²) < 4.78 is 1.67. The number of rotatable bonds is 5. The van der Waals surface area contributed by atoms with Gasteiger partial charge < -0.3 is 5.11 Å². The van der Waals surface area contributed by atoms with Gasteiger partial charge in [0.15, 0.2) is 5.82 Å². The van der Waals surface area contributed by atoms with Gasteiger partial charge in [0, 0.05) is 19.0 Å². The fraction of sp³-hybridized carbons (Fsp3) is 0.438. The van der Waals surface area contributed by atoms with Crippen molar-refractivity contribution in [2.24, 2.45) is 18.4 Å². The Hall–Kier alpha value is -2.17. The first-order valence-corrected chi connectivity index (χ1v) is 7.03. The highest BCUT2D eigenvalue weighted by Crippen LogP contribution is 2.31. The van der Waals surface area contributed by atoms with E-state index in [0.29, 0.717) is 18.1 Å². The second-order valence-electron chi connectivity index (χ2n) is 5.90. The van der Waals surface area contributed by atoms with Crippen LogP contribution < -0.4 is 0 Å². The normalized spacial score (nSPS) is 14.1. The molecule has 5 nitrogen and oxygen atoms in total. The van der Waals surface area contributed by atoms with Crippen LogP contribution in [0.25, 0.3) is 11.4 Å². The number of hydrogen-bond acceptors (Lipinski definition) is 3. The van der Waals surface area contributed by atoms with E-state index in [0.717, 1.165) is 5.56 Å². The smallest absolute Gasteiger partial charge is 0.310 e. The number of carboxylic acid groups (broad SMARTS) is 1. The second kappa shape index (κ2) is 5.68. The maximum absolute atomic E-state index is 11.6. The van der Waals surface area contributed by atoms with Crippen molar-refractivity contribution in [3.8, 4) is 11.4 Å². The van der Waals surface area contributed by atoms with Crippen molar-refractivity contribution in [2.45, 2.75) is 27.2 Å². The largest absolute Gasteiger partial charge is 0.481 e. The van der Waals surface area contributed by atoms with Crippen LogP contribution in [0.5, 0.6) is 0 Å². The number of carboxylic acids is 1. The number of nitrogens with zero attached hydrogens (tertiary/aromatic N) is 3. The maximum Gasteiger partial charge on any atom is 0.310 e. The Kier molecular flexibility index (Phi) is 4.11. The molecule has 0 aliphatic carbocycles. The molecule has 112 valence electrons. The molecule has 1 unspecified atom stereocenters. The van der Waals surface area contributed by atoms with Crippen LogP contribution >= 0.6 is 0 Å². The number of aryl methyl sites for hydroxylation is 1. The third-order valence-electron chi connectivity index (χ3n) is 4.17. The van der Waals surface area contributed by atoms with Gasteiger partial charge in [-0.05, 0) is 12.8 Å². The highest BCUT2D eigenvalue weighted by atomic mass is 16.4. The van der Waals surface area contributed by atoms with Gasteiger partial charge in [-0.1, -0.05) is 44.2 Å². The van der Waals surface area contributed by atoms with Crippen LogP contribution in [0.2, 0.25) is 0 Å². The van der Waals surface area contributed by atoms with E-state index in [4.69, 9.17) is 0 Å². The fourth-order valence-electron chi connectivity index (χ4n) is 2.14. The van der Waals surface area contributed by atoms with Gasteiger partial charge in [0.1, 0.15) is 5.82 Å². The van der Waals surface area contributed by atoms with Crippen molar-refractivity contribution >= 4 is 5.97 Å². The van der Waals surface area contributed by atoms with Gasteiger partial charge in [0.2, 0.25) is 0 Å². The van der Waals surface area contributed by atoms with E-state index in [-0.39, 0.29) is 5.92 Å². The monoisotopic (exact) mass is 287 g/mol. The molecule has 2 aromatic rings. The molecule has 0 spiro atoms. The summed E-state index contributed by atoms with van der Waals surface area (Å²) in [6.45, 7) is 5.60. The maximum atomic E-state index is 11.6. The number of aromatic nitrogens is 3. The van der Waals surface area contributed by atoms with E-state index >= 15 is 0 Å². The Morgan fingerprint density at radius 3 is 2.48 bits per heavy atom. The Bertz CT molecular complexity index is 634. The summed E-state index contributed by atoms with van der Waals surface area (Å²) in [7, 11) is 1.80. The van der Waals surface area contributed by atoms with Crippen molar-refractivity contribution < 1.29 is 9.90 Å². The Morgan fingerprint density at radius 2 is 1.95 bits per heavy atom. The van der Waals surface area contributed by atoms with Crippen LogP contribution in [0.3, 0.4) is 0 Å². The van der Waals surface area contributed by atoms with Crippen molar-refractivity contribution in [3.63, 3.8) is 0 Å². The molecule has 0 radical (unpaired) electrons. The van der Waals surface area contributed by atoms with Gasteiger partial charge in [0.25, 0.3) is 0 Å². The molecule has 2 rings (SSSR count). The van der Waals surface area contributed by atoms with Crippen molar-refractivity contribution in [2.75, 3.05) is 0 Å². The molecule has 0 saturated carbocycles. The van der Waals surface area contributed by atoms with Crippen molar-refractivity contribution in [3.05, 3.63) is 36.2 Å². The first-order valence-electron chi connectivity index (χ1n) is 7.03. The minimum Gasteiger partial charge on any atom is -0.481 e. The molecule has 1 aromatic heterocycles. The predicted octanol–water partition coefficient (Wildman–Crippen LogP) is 2.77. The molecule has 21 heavy (non-hydrogen) atoms. The number of carbonyl (C=O) groups is 1. The molecular weight excluding hydrogens is 266 g/mol. The topological polar surface area (TPSA) is 68.0 Å². The SMILES string of the molecule is CC(C)C(C)(Cc1nc(-c2ccccc2)nn1C)C(=O)O. The van der Waals surface area contributed by atoms with Gasteiger partial charge in [-0.15, -0.1) is 0 Å². The standard InChI is InChI=1S/C16H21N3O2/c1-11(2)16(3,15(20)21)10-13-17-14(18-19(13)4)12-8-6-5-7-9-12/h5-9,11H,10H2,1-4H3,(H,20,21). The number of aliphatic carboxylic acids is 1. The minimum absolute atomic E-state index is 0.00637. The summed E-state index contributed by atoms with van der Waals surface area (Å²) in [6.07, 6.45) is 0.357. The zero-order chi connectivity index (χ0) is 15.6. The molecule has 0 saturated heterocycles. The van der Waals surface area contributed by atoms with Gasteiger partial charge in [-0.2, -0.15) is 5.10 Å². The lowest BCUT2D eigenvalue weighted by Gasteiger charge is -2.28. The summed E-state index contributed by atoms with van der Waals surface area (Å²) in [4.78, 5) is 16.1. The van der Waals surface area contributed by atoms with Crippen LogP contribution in [-0.4, -0.2) is 25.8 Å². The molecule has 1 N–H and O–H groups in total. The summed E-state index contributed by atoms with van der Waals surface area (Å²) in [5.41, 5.74) is 0.0790. The second-order valence-corrected chi connectivity index (χ2v) is 5.90. The first-order chi connectivity index (χ1) is 9.84. The third kappa shape index (κ3) is 2.96. The first kappa shape index (κ1) is 15.2. The van der Waals surface area contributed by atoms with E-state index < -0.39 is 11.4 Å². The Morgan fingerprint density at radius 1 is 1.33 bits per heavy atom. The van der Waals surface area contributed by atoms with E-state index in [1.165, 1.54) is 0 Å². The molecule has 1 aromatic carbocycles. The van der Waals surface area contributed by atoms with Crippen LogP contribution in [0.15, 0.2) is 30.3 Å². The molecular formula is C16H21N3O2. The lowest BCUT2D eigenvalue weighted by molar-refractivity contribution is -0.150. The highest BCUT2D eigenvalue weighted by molar-refractivity contribution is 5.74. The summed E-state index contributed by atoms with van der Waals surface area (Å²) in [5, 5.41) is 13.9. The number of hydrogen-bond donors (Lipinski definition) is 1. The van der Waals surface area contributed by atoms with Crippen LogP contribution in [0.1, 0.15) is 26.6 Å². The van der Waals surface area contributed by atoms with Crippen LogP contribution in [-0.2, 0) is 18.3 Å². The summed E-state index contributed by atoms with van der Waals surface area (Å²) in [6, 6.07) is 9.69. The third-order valence-corrected chi connectivity index (χ3v) is 4.17. The average molecular weight is 287 g/mol. The van der Waals surface area contributed by atoms with Crippen LogP contribution in [0, 0.1) is 11.3 Å². The molecule has 5 heteroatoms. The Labute approximate surface area is 124 Å². The molecule has 0 aliphatic rings. The Balaban J connectivity index is 2.34. The quantitative estimate of drug-likeness (QED) is 0.918. The van der Waals surface area contributed by atoms with Gasteiger partial charge in [-0.25, -0.2) is 4.98 Å². The molecule has 0 aliphatic heterocycles. The van der Waals surface area contributed by atoms with Crippen molar-refractivity contribution in [1.82, 2.24) is 14.8 Å². The van der Waals surface area contributed by atoms with E-state index in [2.05, 4.69) is 10.1 Å². The zero-order valence-corrected chi connectivity index (χ0v) is 12.9. The van der Waals surface area contributed by atoms with E-state index in [1.807, 2.05) is 44.2 Å². The van der Waals surface area contributed by atoms with E-state index in [1.54, 1.807) is 18.7 Å². The average Bonchev–Trinajstić information content (AvgIpc) is 2.80. The molecule has 0 fully saturated rings. The van der Waals surface area contributed by atoms with Gasteiger partial charge in [0.05, 0.1) is 5.41 Å². The molecule has 1 heterocycles. The lowest BCUT2D eigenvalue weighted by Crippen LogP contribution is -2.36. The summed E-state index contributed by atoms with van der Waals surface area (Å²) in [5.74, 6) is 0.519. The van der Waals surface area contributed by atoms with Crippen molar-refractivity contribution in [1.29, 1.82) is 0 Å². The molecule has 1 atom stereocenters. The molecule has 0 bridgehead atoms. The van der Waals surface area contributed by atoms with Gasteiger partial charge in [-0.3, -0.25) is 9.48 Å². The summed E-state index contributed by atoms with van der Waals surface area (Å²) >= 11 is 0. The minimum atomic E-state index is -0.852. The zero-order valence-electron chi connectivity index (χ0n) is 12.9.